The van der Waals surface area contributed by atoms with Crippen LogP contribution in [0.1, 0.15) is 122 Å². The molecule has 254 valence electrons. The first-order valence-electron chi connectivity index (χ1n) is 18.1. The molecule has 2 atom stereocenters. The maximum atomic E-state index is 11.3. The number of ether oxygens (including phenoxy) is 2. The Morgan fingerprint density at radius 3 is 2.02 bits per heavy atom. The van der Waals surface area contributed by atoms with Crippen LogP contribution in [0.4, 0.5) is 0 Å². The number of phenols is 1. The van der Waals surface area contributed by atoms with Crippen LogP contribution in [0.15, 0.2) is 54.3 Å². The van der Waals surface area contributed by atoms with Crippen LogP contribution in [0, 0.1) is 18.8 Å². The van der Waals surface area contributed by atoms with Gasteiger partial charge in [-0.2, -0.15) is 0 Å². The number of aromatic nitrogens is 3. The van der Waals surface area contributed by atoms with E-state index in [1.54, 1.807) is 7.11 Å². The summed E-state index contributed by atoms with van der Waals surface area (Å²) >= 11 is 0. The zero-order valence-electron chi connectivity index (χ0n) is 29.8. The third-order valence-electron chi connectivity index (χ3n) is 9.69. The SMILES string of the molecule is CCCCC(CC)CCCc1ccc(-c2nc(C3=CC=C(OC)CC3)nc(-c3ccc(OCC(CC)CCCC)cc3C)n2)c(O)c1. The molecule has 0 fully saturated rings. The number of unbranched alkanes of at least 4 members (excludes halogenated alkanes) is 2. The molecule has 0 amide bonds. The van der Waals surface area contributed by atoms with Gasteiger partial charge in [-0.3, -0.25) is 0 Å². The molecule has 3 aromatic rings. The molecule has 0 aliphatic heterocycles. The van der Waals surface area contributed by atoms with Gasteiger partial charge in [-0.15, -0.1) is 0 Å². The fraction of sp³-hybridized carbons (Fsp3) is 0.537. The molecule has 47 heavy (non-hydrogen) atoms. The van der Waals surface area contributed by atoms with Gasteiger partial charge in [0.2, 0.25) is 0 Å². The summed E-state index contributed by atoms with van der Waals surface area (Å²) in [6.45, 7) is 11.8. The summed E-state index contributed by atoms with van der Waals surface area (Å²) in [5, 5.41) is 11.3. The Morgan fingerprint density at radius 1 is 0.745 bits per heavy atom. The predicted octanol–water partition coefficient (Wildman–Crippen LogP) is 11.1. The Hall–Kier alpha value is -3.67. The van der Waals surface area contributed by atoms with Crippen molar-refractivity contribution in [3.63, 3.8) is 0 Å². The number of methoxy groups -OCH3 is 1. The van der Waals surface area contributed by atoms with E-state index in [0.29, 0.717) is 29.0 Å². The van der Waals surface area contributed by atoms with Crippen molar-refractivity contribution in [2.24, 2.45) is 11.8 Å². The molecule has 2 aromatic carbocycles. The Kier molecular flexibility index (Phi) is 14.3. The minimum atomic E-state index is 0.205. The number of aromatic hydroxyl groups is 1. The van der Waals surface area contributed by atoms with Crippen molar-refractivity contribution in [1.82, 2.24) is 15.0 Å². The highest BCUT2D eigenvalue weighted by Gasteiger charge is 2.19. The highest BCUT2D eigenvalue weighted by molar-refractivity contribution is 5.72. The van der Waals surface area contributed by atoms with E-state index in [0.717, 1.165) is 78.4 Å². The van der Waals surface area contributed by atoms with Gasteiger partial charge < -0.3 is 14.6 Å². The summed E-state index contributed by atoms with van der Waals surface area (Å²) in [7, 11) is 1.70. The molecular weight excluding hydrogens is 582 g/mol. The van der Waals surface area contributed by atoms with Crippen molar-refractivity contribution in [2.45, 2.75) is 118 Å². The second-order valence-corrected chi connectivity index (χ2v) is 13.2. The van der Waals surface area contributed by atoms with Gasteiger partial charge in [-0.25, -0.2) is 15.0 Å². The van der Waals surface area contributed by atoms with Gasteiger partial charge in [-0.1, -0.05) is 91.2 Å². The second-order valence-electron chi connectivity index (χ2n) is 13.2. The number of aryl methyl sites for hydroxylation is 2. The standard InChI is InChI=1S/C41H57N3O3/c1-7-11-14-30(9-3)16-13-17-32-18-24-37(38(45)27-32)41-43-39(33-19-21-34(46-6)22-20-33)42-40(44-41)36-25-23-35(26-29(36)5)47-28-31(10-4)15-12-8-2/h18-19,21,23-27,30-31,45H,7-17,20,22,28H2,1-6H3. The van der Waals surface area contributed by atoms with Crippen LogP contribution >= 0.6 is 0 Å². The molecule has 0 spiro atoms. The van der Waals surface area contributed by atoms with E-state index >= 15 is 0 Å². The lowest BCUT2D eigenvalue weighted by molar-refractivity contribution is 0.233. The van der Waals surface area contributed by atoms with Gasteiger partial charge in [0.25, 0.3) is 0 Å². The van der Waals surface area contributed by atoms with Crippen LogP contribution in [-0.4, -0.2) is 33.8 Å². The molecule has 6 heteroatoms. The van der Waals surface area contributed by atoms with Gasteiger partial charge in [0.1, 0.15) is 11.5 Å². The van der Waals surface area contributed by atoms with Crippen LogP contribution in [-0.2, 0) is 11.2 Å². The molecule has 0 radical (unpaired) electrons. The number of hydrogen-bond donors (Lipinski definition) is 1. The second kappa shape index (κ2) is 18.6. The smallest absolute Gasteiger partial charge is 0.167 e. The van der Waals surface area contributed by atoms with E-state index in [9.17, 15) is 5.11 Å². The Balaban J connectivity index is 1.61. The number of nitrogens with zero attached hydrogens (tertiary/aromatic N) is 3. The summed E-state index contributed by atoms with van der Waals surface area (Å²) in [6, 6.07) is 12.1. The molecular formula is C41H57N3O3. The van der Waals surface area contributed by atoms with E-state index in [4.69, 9.17) is 24.4 Å². The maximum absolute atomic E-state index is 11.3. The first-order valence-corrected chi connectivity index (χ1v) is 18.1. The first kappa shape index (κ1) is 36.2. The van der Waals surface area contributed by atoms with E-state index in [-0.39, 0.29) is 5.75 Å². The Morgan fingerprint density at radius 2 is 1.40 bits per heavy atom. The van der Waals surface area contributed by atoms with Gasteiger partial charge in [0, 0.05) is 12.0 Å². The summed E-state index contributed by atoms with van der Waals surface area (Å²) in [6.07, 6.45) is 18.8. The van der Waals surface area contributed by atoms with Crippen molar-refractivity contribution in [2.75, 3.05) is 13.7 Å². The van der Waals surface area contributed by atoms with Crippen molar-refractivity contribution >= 4 is 5.57 Å². The summed E-state index contributed by atoms with van der Waals surface area (Å²) in [5.41, 5.74) is 4.75. The lowest BCUT2D eigenvalue weighted by Gasteiger charge is -2.17. The van der Waals surface area contributed by atoms with Crippen molar-refractivity contribution in [1.29, 1.82) is 0 Å². The molecule has 1 aliphatic carbocycles. The summed E-state index contributed by atoms with van der Waals surface area (Å²) in [4.78, 5) is 14.8. The third kappa shape index (κ3) is 10.4. The number of allylic oxidation sites excluding steroid dienone is 4. The molecule has 1 aromatic heterocycles. The van der Waals surface area contributed by atoms with Crippen LogP contribution in [0.2, 0.25) is 0 Å². The lowest BCUT2D eigenvalue weighted by atomic mass is 9.92. The molecule has 1 heterocycles. The van der Waals surface area contributed by atoms with Crippen LogP contribution < -0.4 is 4.74 Å². The summed E-state index contributed by atoms with van der Waals surface area (Å²) < 4.78 is 11.7. The van der Waals surface area contributed by atoms with Gasteiger partial charge in [-0.05, 0) is 97.6 Å². The highest BCUT2D eigenvalue weighted by atomic mass is 16.5. The molecule has 0 saturated heterocycles. The average Bonchev–Trinajstić information content (AvgIpc) is 3.09. The zero-order valence-corrected chi connectivity index (χ0v) is 29.8. The van der Waals surface area contributed by atoms with Crippen LogP contribution in [0.5, 0.6) is 11.5 Å². The Bertz CT molecular complexity index is 1500. The normalized spacial score (nSPS) is 14.3. The van der Waals surface area contributed by atoms with E-state index in [2.05, 4.69) is 46.8 Å². The van der Waals surface area contributed by atoms with Gasteiger partial charge >= 0.3 is 0 Å². The van der Waals surface area contributed by atoms with Gasteiger partial charge in [0.05, 0.1) is 25.0 Å². The average molecular weight is 640 g/mol. The topological polar surface area (TPSA) is 77.4 Å². The van der Waals surface area contributed by atoms with E-state index in [1.807, 2.05) is 36.4 Å². The van der Waals surface area contributed by atoms with Gasteiger partial charge in [0.15, 0.2) is 17.5 Å². The van der Waals surface area contributed by atoms with Crippen LogP contribution in [0.25, 0.3) is 28.3 Å². The van der Waals surface area contributed by atoms with E-state index < -0.39 is 0 Å². The molecule has 2 unspecified atom stereocenters. The minimum absolute atomic E-state index is 0.205. The zero-order chi connectivity index (χ0) is 33.6. The van der Waals surface area contributed by atoms with Crippen molar-refractivity contribution in [3.8, 4) is 34.3 Å². The molecule has 1 aliphatic rings. The number of rotatable bonds is 19. The van der Waals surface area contributed by atoms with E-state index in [1.165, 1.54) is 51.4 Å². The molecule has 1 N–H and O–H groups in total. The Labute approximate surface area is 283 Å². The molecule has 0 bridgehead atoms. The fourth-order valence-electron chi connectivity index (χ4n) is 6.39. The number of benzene rings is 2. The summed E-state index contributed by atoms with van der Waals surface area (Å²) in [5.74, 6) is 5.06. The number of phenolic OH excluding ortho intramolecular Hbond substituents is 1. The lowest BCUT2D eigenvalue weighted by Crippen LogP contribution is -2.11. The van der Waals surface area contributed by atoms with Crippen LogP contribution in [0.3, 0.4) is 0 Å². The third-order valence-corrected chi connectivity index (χ3v) is 9.69. The molecule has 0 saturated carbocycles. The number of hydrogen-bond acceptors (Lipinski definition) is 6. The fourth-order valence-corrected chi connectivity index (χ4v) is 6.39. The minimum Gasteiger partial charge on any atom is -0.507 e. The largest absolute Gasteiger partial charge is 0.507 e. The first-order chi connectivity index (χ1) is 22.9. The quantitative estimate of drug-likeness (QED) is 0.141. The van der Waals surface area contributed by atoms with Crippen molar-refractivity contribution in [3.05, 3.63) is 71.3 Å². The maximum Gasteiger partial charge on any atom is 0.167 e. The van der Waals surface area contributed by atoms with Crippen molar-refractivity contribution < 1.29 is 14.6 Å². The predicted molar refractivity (Wildman–Crippen MR) is 194 cm³/mol. The molecule has 6 nitrogen and oxygen atoms in total. The highest BCUT2D eigenvalue weighted by Crippen LogP contribution is 2.34. The molecule has 4 rings (SSSR count). The monoisotopic (exact) mass is 639 g/mol.